The fourth-order valence-electron chi connectivity index (χ4n) is 8.43. The number of likely N-dealkylation sites (tertiary alicyclic amines) is 2. The molecule has 54 heavy (non-hydrogen) atoms. The van der Waals surface area contributed by atoms with Crippen LogP contribution in [0.25, 0.3) is 0 Å². The first-order chi connectivity index (χ1) is 26.1. The molecule has 4 nitrogen and oxygen atoms in total. The zero-order chi connectivity index (χ0) is 39.7. The van der Waals surface area contributed by atoms with Gasteiger partial charge in [0.2, 0.25) is 0 Å². The van der Waals surface area contributed by atoms with Gasteiger partial charge in [0.05, 0.1) is 0 Å². The van der Waals surface area contributed by atoms with Gasteiger partial charge in [0, 0.05) is 6.20 Å². The van der Waals surface area contributed by atoms with Crippen molar-refractivity contribution < 1.29 is 0 Å². The second kappa shape index (κ2) is 29.7. The molecule has 2 aliphatic rings. The van der Waals surface area contributed by atoms with Crippen molar-refractivity contribution in [3.05, 3.63) is 52.4 Å². The first-order valence-corrected chi connectivity index (χ1v) is 40.7. The monoisotopic (exact) mass is 1050 g/mol. The summed E-state index contributed by atoms with van der Waals surface area (Å²) in [5.41, 5.74) is 2.89. The summed E-state index contributed by atoms with van der Waals surface area (Å²) in [7, 11) is 11.3. The average Bonchev–Trinajstić information content (AvgIpc) is 3.20. The Morgan fingerprint density at radius 3 is 1.22 bits per heavy atom. The Balaban J connectivity index is 0.000000305. The molecule has 0 bridgehead atoms. The van der Waals surface area contributed by atoms with Crippen molar-refractivity contribution in [2.75, 3.05) is 40.3 Å². The predicted molar refractivity (Wildman–Crippen MR) is 250 cm³/mol. The minimum Gasteiger partial charge on any atom is -0.306 e. The van der Waals surface area contributed by atoms with Crippen LogP contribution in [0.3, 0.4) is 0 Å². The number of unbranched alkanes of at least 4 members (excludes halogenated alkanes) is 6. The third-order valence-corrected chi connectivity index (χ3v) is 42.6. The van der Waals surface area contributed by atoms with Gasteiger partial charge in [0.1, 0.15) is 4.60 Å². The number of piperidine rings is 2. The molecule has 4 heterocycles. The molecule has 2 aromatic rings. The summed E-state index contributed by atoms with van der Waals surface area (Å²) in [6, 6.07) is 9.18. The summed E-state index contributed by atoms with van der Waals surface area (Å²) in [6.07, 6.45) is 25.8. The summed E-state index contributed by atoms with van der Waals surface area (Å²) in [6.45, 7) is 18.8. The minimum absolute atomic E-state index is 0.715. The molecular weight excluding hydrogens is 961 g/mol. The number of hydrogen-bond donors (Lipinski definition) is 0. The molecule has 0 spiro atoms. The van der Waals surface area contributed by atoms with Crippen LogP contribution in [0.1, 0.15) is 167 Å². The van der Waals surface area contributed by atoms with Gasteiger partial charge in [0.15, 0.2) is 0 Å². The molecule has 2 saturated heterocycles. The third kappa shape index (κ3) is 19.6. The van der Waals surface area contributed by atoms with Gasteiger partial charge in [-0.2, -0.15) is 0 Å². The van der Waals surface area contributed by atoms with E-state index in [9.17, 15) is 0 Å². The van der Waals surface area contributed by atoms with Gasteiger partial charge >= 0.3 is 266 Å². The molecule has 4 rings (SSSR count). The number of pyridine rings is 2. The normalized spacial score (nSPS) is 16.4. The van der Waals surface area contributed by atoms with Crippen molar-refractivity contribution in [2.24, 2.45) is 0 Å². The zero-order valence-corrected chi connectivity index (χ0v) is 44.6. The van der Waals surface area contributed by atoms with Crippen molar-refractivity contribution in [1.29, 1.82) is 0 Å². The topological polar surface area (TPSA) is 32.3 Å². The molecule has 0 radical (unpaired) electrons. The van der Waals surface area contributed by atoms with E-state index in [-0.39, 0.29) is 0 Å². The van der Waals surface area contributed by atoms with E-state index >= 15 is 0 Å². The maximum atomic E-state index is 6.89. The van der Waals surface area contributed by atoms with E-state index in [0.717, 1.165) is 10.5 Å². The fourth-order valence-corrected chi connectivity index (χ4v) is 37.3. The largest absolute Gasteiger partial charge is 0.306 e. The zero-order valence-electron chi connectivity index (χ0n) is 36.5. The molecule has 2 fully saturated rings. The van der Waals surface area contributed by atoms with Gasteiger partial charge in [-0.05, 0) is 66.5 Å². The SMILES string of the molecule is CCC[CH2][Sn]([CH2]CCC)([CH2]CCC)[c]1ccc(C2CCN(C)CC2)cn1.CCC[CH2][Sn]([Cl])([CH2]CCC)[CH2]CCC.CN1CCC(c2ccc(Br)nc2)CC1. The Kier molecular flexibility index (Phi) is 27.9. The summed E-state index contributed by atoms with van der Waals surface area (Å²) < 4.78 is 11.3. The molecule has 0 aromatic carbocycles. The van der Waals surface area contributed by atoms with Crippen LogP contribution >= 0.6 is 24.9 Å². The number of rotatable bonds is 21. The van der Waals surface area contributed by atoms with Crippen LogP contribution in [0, 0.1) is 0 Å². The summed E-state index contributed by atoms with van der Waals surface area (Å²) in [5.74, 6) is 1.45. The van der Waals surface area contributed by atoms with Crippen LogP contribution < -0.4 is 3.71 Å². The van der Waals surface area contributed by atoms with Gasteiger partial charge < -0.3 is 4.90 Å². The van der Waals surface area contributed by atoms with Crippen LogP contribution in [0.4, 0.5) is 0 Å². The molecule has 0 saturated carbocycles. The second-order valence-electron chi connectivity index (χ2n) is 17.1. The molecule has 0 unspecified atom stereocenters. The fraction of sp³-hybridized carbons (Fsp3) is 0.783. The van der Waals surface area contributed by atoms with Gasteiger partial charge in [-0.25, -0.2) is 4.98 Å². The van der Waals surface area contributed by atoms with Gasteiger partial charge in [-0.15, -0.1) is 0 Å². The van der Waals surface area contributed by atoms with Crippen LogP contribution in [0.5, 0.6) is 0 Å². The molecule has 0 atom stereocenters. The quantitative estimate of drug-likeness (QED) is 0.0921. The minimum atomic E-state index is -2.33. The van der Waals surface area contributed by atoms with Crippen LogP contribution in [-0.4, -0.2) is 95.7 Å². The van der Waals surface area contributed by atoms with Crippen LogP contribution in [0.2, 0.25) is 26.6 Å². The van der Waals surface area contributed by atoms with Gasteiger partial charge in [-0.1, -0.05) is 6.07 Å². The molecular formula is C46H84BrClN4Sn2. The van der Waals surface area contributed by atoms with Crippen LogP contribution in [0.15, 0.2) is 41.3 Å². The Morgan fingerprint density at radius 2 is 0.907 bits per heavy atom. The standard InChI is InChI=1S/C11H15BrN2.C11H15N2.6C4H9.ClH.2Sn/c1-14-6-4-9(5-7-14)10-2-3-11(12)13-8-10;1-13-7-4-10(5-8-13)11-3-2-6-12-9-11;6*1-3-4-2;;;/h2-3,8-9H,4-7H2,1H3;2-3,9-10H,4-5,7-8H2,1H3;6*1,3-4H2,2H3;1H;;/q;;;;;;;;;;+1/p-1. The summed E-state index contributed by atoms with van der Waals surface area (Å²) in [5, 5.41) is 0. The van der Waals surface area contributed by atoms with E-state index < -0.39 is 35.6 Å². The average molecular weight is 1050 g/mol. The number of halogens is 2. The second-order valence-corrected chi connectivity index (χ2v) is 47.2. The first kappa shape index (κ1) is 50.7. The number of nitrogens with zero attached hydrogens (tertiary/aromatic N) is 4. The molecule has 2 aliphatic heterocycles. The number of hydrogen-bond acceptors (Lipinski definition) is 4. The third-order valence-electron chi connectivity index (χ3n) is 12.4. The van der Waals surface area contributed by atoms with Crippen molar-refractivity contribution in [2.45, 2.75) is 183 Å². The van der Waals surface area contributed by atoms with E-state index in [1.54, 1.807) is 3.71 Å². The van der Waals surface area contributed by atoms with E-state index in [1.807, 2.05) is 12.3 Å². The maximum absolute atomic E-state index is 6.89. The Labute approximate surface area is 356 Å². The van der Waals surface area contributed by atoms with Crippen molar-refractivity contribution >= 4 is 64.2 Å². The Morgan fingerprint density at radius 1 is 0.556 bits per heavy atom. The van der Waals surface area contributed by atoms with E-state index in [2.05, 4.69) is 111 Å². The molecule has 8 heteroatoms. The summed E-state index contributed by atoms with van der Waals surface area (Å²) in [4.78, 5) is 14.3. The van der Waals surface area contributed by atoms with E-state index in [0.29, 0.717) is 5.92 Å². The Bertz CT molecular complexity index is 1140. The smallest absolute Gasteiger partial charge is 0.106 e. The van der Waals surface area contributed by atoms with Crippen molar-refractivity contribution in [3.63, 3.8) is 0 Å². The maximum Gasteiger partial charge on any atom is 0.106 e. The first-order valence-electron chi connectivity index (χ1n) is 22.7. The molecule has 2 aromatic heterocycles. The number of aromatic nitrogens is 2. The van der Waals surface area contributed by atoms with Crippen molar-refractivity contribution in [3.8, 4) is 0 Å². The molecule has 310 valence electrons. The van der Waals surface area contributed by atoms with Crippen molar-refractivity contribution in [1.82, 2.24) is 19.8 Å². The predicted octanol–water partition coefficient (Wildman–Crippen LogP) is 14.2. The summed E-state index contributed by atoms with van der Waals surface area (Å²) >= 11 is -1.06. The molecule has 0 aliphatic carbocycles. The van der Waals surface area contributed by atoms with E-state index in [4.69, 9.17) is 13.9 Å². The van der Waals surface area contributed by atoms with E-state index in [1.165, 1.54) is 167 Å². The van der Waals surface area contributed by atoms with Gasteiger partial charge in [0.25, 0.3) is 0 Å². The molecule has 0 amide bonds. The van der Waals surface area contributed by atoms with Crippen LogP contribution in [-0.2, 0) is 0 Å². The molecule has 0 N–H and O–H groups in total. The Hall–Kier alpha value is 0.587. The van der Waals surface area contributed by atoms with Gasteiger partial charge in [-0.3, -0.25) is 0 Å².